The van der Waals surface area contributed by atoms with Crippen molar-refractivity contribution >= 4 is 17.8 Å². The molecule has 0 aliphatic carbocycles. The van der Waals surface area contributed by atoms with Gasteiger partial charge >= 0.3 is 5.97 Å². The van der Waals surface area contributed by atoms with E-state index in [-0.39, 0.29) is 11.1 Å². The predicted molar refractivity (Wildman–Crippen MR) is 81.5 cm³/mol. The van der Waals surface area contributed by atoms with E-state index < -0.39 is 24.4 Å². The topological polar surface area (TPSA) is 82.1 Å². The van der Waals surface area contributed by atoms with E-state index in [9.17, 15) is 14.4 Å². The summed E-state index contributed by atoms with van der Waals surface area (Å²) < 4.78 is 10.4. The molecule has 0 bridgehead atoms. The summed E-state index contributed by atoms with van der Waals surface area (Å²) in [5.74, 6) is -1.44. The van der Waals surface area contributed by atoms with E-state index in [0.29, 0.717) is 16.6 Å². The van der Waals surface area contributed by atoms with Gasteiger partial charge < -0.3 is 14.3 Å². The van der Waals surface area contributed by atoms with Crippen LogP contribution in [0.3, 0.4) is 0 Å². The van der Waals surface area contributed by atoms with Crippen molar-refractivity contribution in [1.29, 1.82) is 0 Å². The van der Waals surface area contributed by atoms with E-state index in [1.807, 2.05) is 0 Å². The second-order valence-corrected chi connectivity index (χ2v) is 4.85. The van der Waals surface area contributed by atoms with Gasteiger partial charge in [-0.05, 0) is 24.3 Å². The number of nitrogens with zero attached hydrogens (tertiary/aromatic N) is 1. The number of fused-ring (bicyclic) bond motifs is 1. The van der Waals surface area contributed by atoms with Crippen LogP contribution >= 0.6 is 0 Å². The average molecular weight is 327 g/mol. The zero-order valence-corrected chi connectivity index (χ0v) is 12.7. The molecule has 1 heterocycles. The summed E-state index contributed by atoms with van der Waals surface area (Å²) in [6.07, 6.45) is 0. The summed E-state index contributed by atoms with van der Waals surface area (Å²) in [6, 6.07) is 13.0. The number of benzene rings is 2. The van der Waals surface area contributed by atoms with Crippen molar-refractivity contribution in [2.45, 2.75) is 0 Å². The molecule has 7 nitrogen and oxygen atoms in total. The van der Waals surface area contributed by atoms with Crippen LogP contribution in [0.15, 0.2) is 48.5 Å². The Kier molecular flexibility index (Phi) is 4.15. The van der Waals surface area contributed by atoms with Crippen LogP contribution in [-0.2, 0) is 9.63 Å². The predicted octanol–water partition coefficient (Wildman–Crippen LogP) is 1.83. The smallest absolute Gasteiger partial charge is 0.370 e. The van der Waals surface area contributed by atoms with Crippen molar-refractivity contribution in [1.82, 2.24) is 5.06 Å². The lowest BCUT2D eigenvalue weighted by Crippen LogP contribution is -2.34. The van der Waals surface area contributed by atoms with Gasteiger partial charge in [0.1, 0.15) is 0 Å². The fraction of sp³-hybridized carbons (Fsp3) is 0.118. The number of hydroxylamine groups is 2. The van der Waals surface area contributed by atoms with Gasteiger partial charge in [-0.1, -0.05) is 29.3 Å². The number of ether oxygens (including phenoxy) is 2. The monoisotopic (exact) mass is 327 g/mol. The van der Waals surface area contributed by atoms with Crippen molar-refractivity contribution in [3.8, 4) is 11.5 Å². The summed E-state index contributed by atoms with van der Waals surface area (Å²) in [6.45, 7) is -0.478. The number of hydrogen-bond acceptors (Lipinski definition) is 6. The quantitative estimate of drug-likeness (QED) is 0.779. The number of carbonyl (C=O) groups is 3. The van der Waals surface area contributed by atoms with Crippen LogP contribution in [0.4, 0.5) is 0 Å². The molecule has 3 rings (SSSR count). The minimum Gasteiger partial charge on any atom is -0.493 e. The summed E-state index contributed by atoms with van der Waals surface area (Å²) in [4.78, 5) is 40.9. The third kappa shape index (κ3) is 2.79. The lowest BCUT2D eigenvalue weighted by molar-refractivity contribution is -0.170. The summed E-state index contributed by atoms with van der Waals surface area (Å²) in [5.41, 5.74) is 0.391. The maximum Gasteiger partial charge on any atom is 0.370 e. The first kappa shape index (κ1) is 15.5. The number of rotatable bonds is 5. The van der Waals surface area contributed by atoms with Crippen molar-refractivity contribution in [3.63, 3.8) is 0 Å². The van der Waals surface area contributed by atoms with Gasteiger partial charge in [0.25, 0.3) is 11.8 Å². The van der Waals surface area contributed by atoms with Gasteiger partial charge in [-0.3, -0.25) is 9.59 Å². The molecule has 0 aromatic heterocycles. The Hall–Kier alpha value is -3.35. The highest BCUT2D eigenvalue weighted by Crippen LogP contribution is 2.26. The molecule has 1 aliphatic rings. The van der Waals surface area contributed by atoms with E-state index in [1.165, 1.54) is 19.2 Å². The fourth-order valence-electron chi connectivity index (χ4n) is 2.25. The minimum absolute atomic E-state index is 0.195. The molecule has 24 heavy (non-hydrogen) atoms. The minimum atomic E-state index is -0.879. The van der Waals surface area contributed by atoms with Crippen LogP contribution in [-0.4, -0.2) is 36.6 Å². The van der Waals surface area contributed by atoms with Gasteiger partial charge in [-0.15, -0.1) is 0 Å². The van der Waals surface area contributed by atoms with Gasteiger partial charge in [0.2, 0.25) is 0 Å². The number of amides is 2. The number of para-hydroxylation sites is 2. The molecule has 0 atom stereocenters. The van der Waals surface area contributed by atoms with Crippen LogP contribution in [0, 0.1) is 0 Å². The Morgan fingerprint density at radius 3 is 2.04 bits per heavy atom. The molecule has 2 aromatic carbocycles. The Balaban J connectivity index is 1.64. The van der Waals surface area contributed by atoms with E-state index in [4.69, 9.17) is 14.3 Å². The molecule has 7 heteroatoms. The second kappa shape index (κ2) is 6.41. The number of methoxy groups -OCH3 is 1. The van der Waals surface area contributed by atoms with Gasteiger partial charge in [0.05, 0.1) is 18.2 Å². The van der Waals surface area contributed by atoms with Crippen molar-refractivity contribution in [3.05, 3.63) is 59.7 Å². The SMILES string of the molecule is COc1ccccc1OCC(=O)ON1C(=O)c2ccccc2C1=O. The molecule has 0 fully saturated rings. The first-order valence-electron chi connectivity index (χ1n) is 7.06. The normalized spacial score (nSPS) is 12.8. The molecule has 0 N–H and O–H groups in total. The molecule has 0 saturated carbocycles. The van der Waals surface area contributed by atoms with Gasteiger partial charge in [-0.2, -0.15) is 0 Å². The number of hydrogen-bond donors (Lipinski definition) is 0. The lowest BCUT2D eigenvalue weighted by Gasteiger charge is -2.14. The fourth-order valence-corrected chi connectivity index (χ4v) is 2.25. The average Bonchev–Trinajstić information content (AvgIpc) is 2.85. The number of imide groups is 1. The summed E-state index contributed by atoms with van der Waals surface area (Å²) >= 11 is 0. The Labute approximate surface area is 137 Å². The molecular formula is C17H13NO6. The molecule has 0 radical (unpaired) electrons. The standard InChI is InChI=1S/C17H13NO6/c1-22-13-8-4-5-9-14(13)23-10-15(19)24-18-16(20)11-6-2-3-7-12(11)17(18)21/h2-9H,10H2,1H3. The van der Waals surface area contributed by atoms with Gasteiger partial charge in [0, 0.05) is 0 Å². The molecule has 0 spiro atoms. The van der Waals surface area contributed by atoms with Crippen LogP contribution in [0.5, 0.6) is 11.5 Å². The van der Waals surface area contributed by atoms with Crippen LogP contribution in [0.25, 0.3) is 0 Å². The van der Waals surface area contributed by atoms with E-state index >= 15 is 0 Å². The zero-order chi connectivity index (χ0) is 17.1. The first-order valence-corrected chi connectivity index (χ1v) is 7.06. The van der Waals surface area contributed by atoms with Crippen LogP contribution in [0.1, 0.15) is 20.7 Å². The Bertz CT molecular complexity index is 781. The van der Waals surface area contributed by atoms with E-state index in [1.54, 1.807) is 36.4 Å². The molecule has 2 amide bonds. The third-order valence-electron chi connectivity index (χ3n) is 3.36. The second-order valence-electron chi connectivity index (χ2n) is 4.85. The van der Waals surface area contributed by atoms with Crippen LogP contribution in [0.2, 0.25) is 0 Å². The number of carbonyl (C=O) groups excluding carboxylic acids is 3. The Morgan fingerprint density at radius 2 is 1.46 bits per heavy atom. The molecule has 122 valence electrons. The molecular weight excluding hydrogens is 314 g/mol. The highest BCUT2D eigenvalue weighted by Gasteiger charge is 2.38. The summed E-state index contributed by atoms with van der Waals surface area (Å²) in [7, 11) is 1.47. The highest BCUT2D eigenvalue weighted by atomic mass is 16.7. The Morgan fingerprint density at radius 1 is 0.917 bits per heavy atom. The van der Waals surface area contributed by atoms with Crippen molar-refractivity contribution in [2.24, 2.45) is 0 Å². The largest absolute Gasteiger partial charge is 0.493 e. The first-order chi connectivity index (χ1) is 11.6. The molecule has 1 aliphatic heterocycles. The van der Waals surface area contributed by atoms with Crippen molar-refractivity contribution < 1.29 is 28.7 Å². The summed E-state index contributed by atoms with van der Waals surface area (Å²) in [5, 5.41) is 0.443. The lowest BCUT2D eigenvalue weighted by atomic mass is 10.1. The highest BCUT2D eigenvalue weighted by molar-refractivity contribution is 6.20. The van der Waals surface area contributed by atoms with Gasteiger partial charge in [0.15, 0.2) is 18.1 Å². The third-order valence-corrected chi connectivity index (χ3v) is 3.36. The van der Waals surface area contributed by atoms with E-state index in [0.717, 1.165) is 0 Å². The zero-order valence-electron chi connectivity index (χ0n) is 12.7. The van der Waals surface area contributed by atoms with E-state index in [2.05, 4.69) is 0 Å². The van der Waals surface area contributed by atoms with Crippen molar-refractivity contribution in [2.75, 3.05) is 13.7 Å². The molecule has 0 saturated heterocycles. The van der Waals surface area contributed by atoms with Gasteiger partial charge in [-0.25, -0.2) is 4.79 Å². The maximum atomic E-state index is 12.1. The maximum absolute atomic E-state index is 12.1. The molecule has 0 unspecified atom stereocenters. The van der Waals surface area contributed by atoms with Crippen LogP contribution < -0.4 is 9.47 Å². The molecule has 2 aromatic rings.